The molecule has 0 aromatic heterocycles. The maximum absolute atomic E-state index is 14.7. The molecule has 0 heterocycles. The number of ether oxygens (including phenoxy) is 4. The zero-order valence-corrected chi connectivity index (χ0v) is 26.1. The lowest BCUT2D eigenvalue weighted by Gasteiger charge is -2.60. The third-order valence-corrected chi connectivity index (χ3v) is 9.48. The van der Waals surface area contributed by atoms with Crippen LogP contribution in [-0.2, 0) is 38.7 Å². The fourth-order valence-corrected chi connectivity index (χ4v) is 7.28. The van der Waals surface area contributed by atoms with Crippen LogP contribution in [0.3, 0.4) is 0 Å². The molecule has 50 heavy (non-hydrogen) atoms. The summed E-state index contributed by atoms with van der Waals surface area (Å²) in [6.45, 7) is 1.42. The predicted octanol–water partition coefficient (Wildman–Crippen LogP) is 6.48. The number of hydrogen-bond acceptors (Lipinski definition) is 9. The van der Waals surface area contributed by atoms with E-state index in [4.69, 9.17) is 9.29 Å². The summed E-state index contributed by atoms with van der Waals surface area (Å²) < 4.78 is 227. The van der Waals surface area contributed by atoms with E-state index in [9.17, 15) is 79.9 Å². The van der Waals surface area contributed by atoms with Gasteiger partial charge in [0, 0.05) is 11.0 Å². The molecule has 3 unspecified atom stereocenters. The van der Waals surface area contributed by atoms with Crippen LogP contribution in [0, 0.1) is 17.3 Å². The Kier molecular flexibility index (Phi) is 10.6. The summed E-state index contributed by atoms with van der Waals surface area (Å²) >= 11 is 0. The van der Waals surface area contributed by atoms with Crippen LogP contribution in [0.4, 0.5) is 61.9 Å². The molecule has 288 valence electrons. The van der Waals surface area contributed by atoms with E-state index in [0.717, 1.165) is 6.92 Å². The summed E-state index contributed by atoms with van der Waals surface area (Å²) in [7, 11) is -6.24. The van der Waals surface area contributed by atoms with Crippen molar-refractivity contribution in [1.82, 2.24) is 0 Å². The molecule has 0 saturated heterocycles. The van der Waals surface area contributed by atoms with Gasteiger partial charge in [0.05, 0.1) is 13.0 Å². The van der Waals surface area contributed by atoms with E-state index in [-0.39, 0.29) is 32.1 Å². The molecule has 0 amide bonds. The van der Waals surface area contributed by atoms with E-state index < -0.39 is 117 Å². The number of hydrogen-bond donors (Lipinski definition) is 1. The second-order valence-corrected chi connectivity index (χ2v) is 14.3. The number of rotatable bonds is 13. The van der Waals surface area contributed by atoms with E-state index in [1.807, 2.05) is 0 Å². The molecule has 0 spiro atoms. The van der Waals surface area contributed by atoms with Crippen LogP contribution in [0.5, 0.6) is 0 Å². The highest BCUT2D eigenvalue weighted by atomic mass is 32.2. The van der Waals surface area contributed by atoms with Crippen LogP contribution in [-0.4, -0.2) is 91.1 Å². The lowest BCUT2D eigenvalue weighted by Crippen LogP contribution is -2.70. The van der Waals surface area contributed by atoms with Gasteiger partial charge in [-0.1, -0.05) is 6.58 Å². The van der Waals surface area contributed by atoms with Crippen LogP contribution >= 0.6 is 0 Å². The van der Waals surface area contributed by atoms with Gasteiger partial charge in [0.25, 0.3) is 0 Å². The molecule has 0 aliphatic heterocycles. The summed E-state index contributed by atoms with van der Waals surface area (Å²) in [5.74, 6) is -19.2. The first kappa shape index (κ1) is 41.4. The second kappa shape index (κ2) is 12.9. The smallest absolute Gasteiger partial charge is 0.460 e. The Morgan fingerprint density at radius 1 is 0.860 bits per heavy atom. The Morgan fingerprint density at radius 2 is 1.36 bits per heavy atom. The van der Waals surface area contributed by atoms with Gasteiger partial charge in [-0.3, -0.25) is 4.55 Å². The largest absolute Gasteiger partial charge is 0.509 e. The maximum Gasteiger partial charge on any atom is 0.509 e. The van der Waals surface area contributed by atoms with E-state index in [0.29, 0.717) is 6.42 Å². The minimum absolute atomic E-state index is 0.0550. The SMILES string of the molecule is C=C(C)C(=O)OCC(CC(F)(F)C(F)(F)C(F)(C(F)(F)F)C(F)(F)F)OC(=O)OC12CC3CC(CC(COC(=O)C(F)(F)S(=O)(=O)O)(C3)C1)C2. The van der Waals surface area contributed by atoms with Gasteiger partial charge in [0.1, 0.15) is 18.3 Å². The van der Waals surface area contributed by atoms with Gasteiger partial charge < -0.3 is 18.9 Å². The lowest BCUT2D eigenvalue weighted by atomic mass is 9.48. The topological polar surface area (TPSA) is 142 Å². The molecule has 4 saturated carbocycles. The van der Waals surface area contributed by atoms with E-state index >= 15 is 0 Å². The van der Waals surface area contributed by atoms with Crippen molar-refractivity contribution in [3.8, 4) is 0 Å². The molecule has 1 N–H and O–H groups in total. The van der Waals surface area contributed by atoms with Gasteiger partial charge in [-0.2, -0.15) is 61.1 Å². The standard InChI is InChI=1S/C26H27F13O10S/c1-12(2)16(40)46-9-15(8-21(27,28)24(32,33)23(31,25(34,35)36)26(37,38)39)48-18(42)49-20-6-13-3-14(7-20)5-19(4-13,10-20)11-47-17(41)22(29,30)50(43,44)45/h13-15H,1,3-11H2,2H3,(H,43,44,45). The number of carbonyl (C=O) groups excluding carboxylic acids is 3. The average molecular weight is 779 g/mol. The van der Waals surface area contributed by atoms with Gasteiger partial charge >= 0.3 is 63.3 Å². The normalized spacial score (nSPS) is 26.6. The fraction of sp³-hybridized carbons (Fsp3) is 0.808. The van der Waals surface area contributed by atoms with Crippen molar-refractivity contribution in [1.29, 1.82) is 0 Å². The quantitative estimate of drug-likeness (QED) is 0.0726. The zero-order chi connectivity index (χ0) is 38.7. The first-order valence-corrected chi connectivity index (χ1v) is 15.5. The fourth-order valence-electron chi connectivity index (χ4n) is 7.01. The lowest BCUT2D eigenvalue weighted by molar-refractivity contribution is -0.428. The Balaban J connectivity index is 1.85. The highest BCUT2D eigenvalue weighted by Crippen LogP contribution is 2.63. The first-order chi connectivity index (χ1) is 22.2. The second-order valence-electron chi connectivity index (χ2n) is 12.8. The van der Waals surface area contributed by atoms with Crippen molar-refractivity contribution in [2.75, 3.05) is 13.2 Å². The van der Waals surface area contributed by atoms with Gasteiger partial charge in [-0.15, -0.1) is 0 Å². The molecular weight excluding hydrogens is 751 g/mol. The summed E-state index contributed by atoms with van der Waals surface area (Å²) in [5.41, 5.74) is -11.3. The number of halogens is 13. The number of esters is 2. The van der Waals surface area contributed by atoms with E-state index in [1.54, 1.807) is 0 Å². The van der Waals surface area contributed by atoms with E-state index in [1.165, 1.54) is 0 Å². The Morgan fingerprint density at radius 3 is 1.80 bits per heavy atom. The molecule has 24 heteroatoms. The summed E-state index contributed by atoms with van der Waals surface area (Å²) in [6, 6.07) is 0. The molecule has 4 aliphatic rings. The average Bonchev–Trinajstić information content (AvgIpc) is 2.90. The van der Waals surface area contributed by atoms with Crippen LogP contribution in [0.15, 0.2) is 12.2 Å². The maximum atomic E-state index is 14.7. The van der Waals surface area contributed by atoms with Gasteiger partial charge in [0.2, 0.25) is 0 Å². The van der Waals surface area contributed by atoms with Crippen molar-refractivity contribution >= 4 is 28.2 Å². The predicted molar refractivity (Wildman–Crippen MR) is 135 cm³/mol. The molecule has 10 nitrogen and oxygen atoms in total. The Labute approximate surface area is 273 Å². The van der Waals surface area contributed by atoms with Crippen LogP contribution in [0.25, 0.3) is 0 Å². The Hall–Kier alpha value is -3.05. The first-order valence-electron chi connectivity index (χ1n) is 14.1. The van der Waals surface area contributed by atoms with Gasteiger partial charge in [0.15, 0.2) is 0 Å². The van der Waals surface area contributed by atoms with Gasteiger partial charge in [-0.25, -0.2) is 18.8 Å². The molecule has 0 radical (unpaired) electrons. The molecule has 4 rings (SSSR count). The number of carbonyl (C=O) groups is 3. The zero-order valence-electron chi connectivity index (χ0n) is 25.2. The molecule has 4 aliphatic carbocycles. The van der Waals surface area contributed by atoms with Crippen molar-refractivity contribution in [2.24, 2.45) is 17.3 Å². The highest BCUT2D eigenvalue weighted by molar-refractivity contribution is 7.87. The third kappa shape index (κ3) is 7.59. The van der Waals surface area contributed by atoms with Crippen molar-refractivity contribution in [3.63, 3.8) is 0 Å². The minimum atomic E-state index is -7.82. The highest BCUT2D eigenvalue weighted by Gasteiger charge is 2.90. The van der Waals surface area contributed by atoms with Crippen LogP contribution < -0.4 is 0 Å². The molecular formula is C26H27F13O10S. The molecule has 3 atom stereocenters. The van der Waals surface area contributed by atoms with Crippen molar-refractivity contribution in [3.05, 3.63) is 12.2 Å². The Bertz CT molecular complexity index is 1450. The summed E-state index contributed by atoms with van der Waals surface area (Å²) in [4.78, 5) is 36.4. The molecule has 4 fully saturated rings. The van der Waals surface area contributed by atoms with Gasteiger partial charge in [-0.05, 0) is 57.3 Å². The minimum Gasteiger partial charge on any atom is -0.460 e. The van der Waals surface area contributed by atoms with Crippen LogP contribution in [0.1, 0.15) is 51.9 Å². The number of alkyl halides is 13. The molecule has 4 bridgehead atoms. The van der Waals surface area contributed by atoms with Crippen LogP contribution in [0.2, 0.25) is 0 Å². The summed E-state index contributed by atoms with van der Waals surface area (Å²) in [5, 5.41) is -5.36. The molecule has 0 aromatic carbocycles. The molecule has 0 aromatic rings. The van der Waals surface area contributed by atoms with Crippen molar-refractivity contribution in [2.45, 2.75) is 98.7 Å². The third-order valence-electron chi connectivity index (χ3n) is 8.67. The monoisotopic (exact) mass is 778 g/mol. The van der Waals surface area contributed by atoms with Crippen molar-refractivity contribution < 1.29 is 103 Å². The summed E-state index contributed by atoms with van der Waals surface area (Å²) in [6.07, 6.45) is -23.2. The van der Waals surface area contributed by atoms with E-state index in [2.05, 4.69) is 20.8 Å².